The molecule has 0 bridgehead atoms. The predicted molar refractivity (Wildman–Crippen MR) is 128 cm³/mol. The van der Waals surface area contributed by atoms with Gasteiger partial charge in [0.15, 0.2) is 0 Å². The molecular formula is C26H27N7O. The van der Waals surface area contributed by atoms with Crippen LogP contribution in [0, 0.1) is 24.2 Å². The van der Waals surface area contributed by atoms with Gasteiger partial charge in [-0.1, -0.05) is 0 Å². The molecule has 3 aromatic heterocycles. The molecule has 0 spiro atoms. The molecule has 0 saturated carbocycles. The van der Waals surface area contributed by atoms with Crippen LogP contribution in [-0.4, -0.2) is 49.6 Å². The van der Waals surface area contributed by atoms with E-state index in [1.54, 1.807) is 6.20 Å². The van der Waals surface area contributed by atoms with Gasteiger partial charge in [-0.05, 0) is 56.5 Å². The summed E-state index contributed by atoms with van der Waals surface area (Å²) in [6.45, 7) is 5.24. The van der Waals surface area contributed by atoms with Crippen LogP contribution in [0.5, 0.6) is 5.75 Å². The monoisotopic (exact) mass is 453 g/mol. The van der Waals surface area contributed by atoms with Crippen LogP contribution >= 0.6 is 0 Å². The summed E-state index contributed by atoms with van der Waals surface area (Å²) in [5, 5.41) is 19.5. The van der Waals surface area contributed by atoms with Gasteiger partial charge in [0.25, 0.3) is 0 Å². The van der Waals surface area contributed by atoms with Crippen molar-refractivity contribution in [1.82, 2.24) is 29.4 Å². The third-order valence-electron chi connectivity index (χ3n) is 6.93. The number of nitrogens with zero attached hydrogens (tertiary/aromatic N) is 7. The Morgan fingerprint density at radius 1 is 1.15 bits per heavy atom. The fourth-order valence-corrected chi connectivity index (χ4v) is 5.23. The number of nitriles is 1. The van der Waals surface area contributed by atoms with Crippen molar-refractivity contribution in [2.45, 2.75) is 38.8 Å². The van der Waals surface area contributed by atoms with E-state index < -0.39 is 0 Å². The zero-order valence-electron chi connectivity index (χ0n) is 19.5. The normalized spacial score (nSPS) is 18.4. The summed E-state index contributed by atoms with van der Waals surface area (Å²) >= 11 is 0. The summed E-state index contributed by atoms with van der Waals surface area (Å²) in [5.74, 6) is 1.49. The molecule has 1 saturated heterocycles. The van der Waals surface area contributed by atoms with Gasteiger partial charge in [0.2, 0.25) is 0 Å². The van der Waals surface area contributed by atoms with E-state index in [1.807, 2.05) is 27.8 Å². The molecule has 1 atom stereocenters. The number of aromatic nitrogens is 5. The van der Waals surface area contributed by atoms with Crippen LogP contribution in [0.15, 0.2) is 43.0 Å². The number of pyridine rings is 1. The van der Waals surface area contributed by atoms with E-state index in [0.29, 0.717) is 11.5 Å². The number of ether oxygens (including phenoxy) is 1. The van der Waals surface area contributed by atoms with Gasteiger partial charge in [-0.15, -0.1) is 0 Å². The maximum atomic E-state index is 9.21. The van der Waals surface area contributed by atoms with E-state index >= 15 is 0 Å². The molecule has 34 heavy (non-hydrogen) atoms. The zero-order valence-corrected chi connectivity index (χ0v) is 19.5. The lowest BCUT2D eigenvalue weighted by Gasteiger charge is -2.35. The van der Waals surface area contributed by atoms with E-state index in [4.69, 9.17) is 4.74 Å². The Morgan fingerprint density at radius 2 is 2.03 bits per heavy atom. The lowest BCUT2D eigenvalue weighted by Crippen LogP contribution is -2.45. The van der Waals surface area contributed by atoms with Crippen molar-refractivity contribution in [3.8, 4) is 17.5 Å². The number of aryl methyl sites for hydroxylation is 2. The molecule has 4 aromatic rings. The first-order valence-corrected chi connectivity index (χ1v) is 11.8. The van der Waals surface area contributed by atoms with Crippen LogP contribution in [0.2, 0.25) is 0 Å². The quantitative estimate of drug-likeness (QED) is 0.457. The van der Waals surface area contributed by atoms with Crippen LogP contribution in [0.3, 0.4) is 0 Å². The molecule has 172 valence electrons. The molecule has 4 heterocycles. The van der Waals surface area contributed by atoms with Crippen LogP contribution in [0.25, 0.3) is 16.6 Å². The van der Waals surface area contributed by atoms with E-state index in [2.05, 4.69) is 58.5 Å². The Hall–Kier alpha value is -3.70. The first-order valence-electron chi connectivity index (χ1n) is 11.8. The standard InChI is InChI=1S/C26H27N7O/c1-17-6-21-11-30-33(22-12-29-32(16-22)15-19-13-31(2)14-19)23(21)8-25(17)34-24-5-3-4-20-7-18(9-27)10-28-26(20)24/h6-8,10-12,16,19,24H,3-5,13-15H2,1-2H3. The number of hydrogen-bond donors (Lipinski definition) is 0. The van der Waals surface area contributed by atoms with Gasteiger partial charge in [-0.25, -0.2) is 4.68 Å². The smallest absolute Gasteiger partial charge is 0.141 e. The SMILES string of the molecule is Cc1cc2cnn(-c3cnn(CC4CN(C)C4)c3)c2cc1OC1CCCc2cc(C#N)cnc21. The summed E-state index contributed by atoms with van der Waals surface area (Å²) in [6, 6.07) is 8.34. The molecular weight excluding hydrogens is 426 g/mol. The molecule has 1 aliphatic heterocycles. The lowest BCUT2D eigenvalue weighted by atomic mass is 9.92. The fourth-order valence-electron chi connectivity index (χ4n) is 5.23. The molecule has 2 aliphatic rings. The summed E-state index contributed by atoms with van der Waals surface area (Å²) in [7, 11) is 2.15. The van der Waals surface area contributed by atoms with Crippen molar-refractivity contribution in [3.63, 3.8) is 0 Å². The summed E-state index contributed by atoms with van der Waals surface area (Å²) in [4.78, 5) is 6.90. The Balaban J connectivity index is 1.29. The second kappa shape index (κ2) is 8.26. The van der Waals surface area contributed by atoms with Crippen molar-refractivity contribution in [2.75, 3.05) is 20.1 Å². The molecule has 8 heteroatoms. The molecule has 0 amide bonds. The largest absolute Gasteiger partial charge is 0.484 e. The molecule has 1 aromatic carbocycles. The number of benzene rings is 1. The average Bonchev–Trinajstić information content (AvgIpc) is 3.44. The molecule has 8 nitrogen and oxygen atoms in total. The highest BCUT2D eigenvalue weighted by atomic mass is 16.5. The third kappa shape index (κ3) is 3.72. The number of fused-ring (bicyclic) bond motifs is 2. The van der Waals surface area contributed by atoms with Gasteiger partial charge < -0.3 is 9.64 Å². The molecule has 0 N–H and O–H groups in total. The highest BCUT2D eigenvalue weighted by Gasteiger charge is 2.25. The van der Waals surface area contributed by atoms with Crippen LogP contribution in [0.4, 0.5) is 0 Å². The molecule has 1 fully saturated rings. The Labute approximate surface area is 198 Å². The second-order valence-electron chi connectivity index (χ2n) is 9.62. The molecule has 6 rings (SSSR count). The zero-order chi connectivity index (χ0) is 23.2. The Kier molecular flexibility index (Phi) is 5.07. The molecule has 1 unspecified atom stereocenters. The van der Waals surface area contributed by atoms with Crippen molar-refractivity contribution in [2.24, 2.45) is 5.92 Å². The number of likely N-dealkylation sites (tertiary alicyclic amines) is 1. The van der Waals surface area contributed by atoms with Crippen molar-refractivity contribution in [1.29, 1.82) is 5.26 Å². The van der Waals surface area contributed by atoms with Crippen molar-refractivity contribution in [3.05, 3.63) is 65.4 Å². The van der Waals surface area contributed by atoms with Crippen LogP contribution < -0.4 is 4.74 Å². The van der Waals surface area contributed by atoms with E-state index in [1.165, 1.54) is 0 Å². The van der Waals surface area contributed by atoms with Crippen LogP contribution in [0.1, 0.15) is 41.3 Å². The maximum absolute atomic E-state index is 9.21. The Morgan fingerprint density at radius 3 is 2.85 bits per heavy atom. The Bertz CT molecular complexity index is 1410. The minimum atomic E-state index is -0.118. The van der Waals surface area contributed by atoms with E-state index in [0.717, 1.165) is 78.1 Å². The van der Waals surface area contributed by atoms with Gasteiger partial charge in [0, 0.05) is 43.2 Å². The van der Waals surface area contributed by atoms with Gasteiger partial charge in [-0.3, -0.25) is 9.67 Å². The first-order chi connectivity index (χ1) is 16.6. The highest BCUT2D eigenvalue weighted by molar-refractivity contribution is 5.83. The first kappa shape index (κ1) is 20.9. The molecule has 1 aliphatic carbocycles. The van der Waals surface area contributed by atoms with Gasteiger partial charge in [-0.2, -0.15) is 15.5 Å². The fraction of sp³-hybridized carbons (Fsp3) is 0.385. The predicted octanol–water partition coefficient (Wildman–Crippen LogP) is 3.82. The summed E-state index contributed by atoms with van der Waals surface area (Å²) in [6.07, 6.45) is 10.2. The van der Waals surface area contributed by atoms with Crippen LogP contribution in [-0.2, 0) is 13.0 Å². The topological polar surface area (TPSA) is 84.8 Å². The minimum absolute atomic E-state index is 0.118. The summed E-state index contributed by atoms with van der Waals surface area (Å²) < 4.78 is 10.5. The third-order valence-corrected chi connectivity index (χ3v) is 6.93. The average molecular weight is 454 g/mol. The molecule has 0 radical (unpaired) electrons. The minimum Gasteiger partial charge on any atom is -0.484 e. The van der Waals surface area contributed by atoms with E-state index in [9.17, 15) is 5.26 Å². The number of rotatable bonds is 5. The van der Waals surface area contributed by atoms with Gasteiger partial charge >= 0.3 is 0 Å². The van der Waals surface area contributed by atoms with Gasteiger partial charge in [0.1, 0.15) is 23.6 Å². The van der Waals surface area contributed by atoms with Crippen molar-refractivity contribution < 1.29 is 4.74 Å². The lowest BCUT2D eigenvalue weighted by molar-refractivity contribution is 0.116. The maximum Gasteiger partial charge on any atom is 0.141 e. The van der Waals surface area contributed by atoms with Crippen molar-refractivity contribution >= 4 is 10.9 Å². The van der Waals surface area contributed by atoms with Gasteiger partial charge in [0.05, 0.1) is 35.4 Å². The second-order valence-corrected chi connectivity index (χ2v) is 9.62. The number of hydrogen-bond acceptors (Lipinski definition) is 6. The summed E-state index contributed by atoms with van der Waals surface area (Å²) in [5.41, 5.74) is 5.67. The van der Waals surface area contributed by atoms with E-state index in [-0.39, 0.29) is 6.10 Å². The highest BCUT2D eigenvalue weighted by Crippen LogP contribution is 2.35.